The van der Waals surface area contributed by atoms with Gasteiger partial charge in [0.1, 0.15) is 6.07 Å². The van der Waals surface area contributed by atoms with Crippen LogP contribution in [0.5, 0.6) is 0 Å². The Bertz CT molecular complexity index is 460. The first-order valence-electron chi connectivity index (χ1n) is 7.06. The van der Waals surface area contributed by atoms with Crippen molar-refractivity contribution in [3.63, 3.8) is 0 Å². The van der Waals surface area contributed by atoms with Gasteiger partial charge in [0.15, 0.2) is 0 Å². The summed E-state index contributed by atoms with van der Waals surface area (Å²) in [7, 11) is 6.14. The van der Waals surface area contributed by atoms with E-state index in [1.807, 2.05) is 19.2 Å². The summed E-state index contributed by atoms with van der Waals surface area (Å²) in [4.78, 5) is 4.28. The average Bonchev–Trinajstić information content (AvgIpc) is 2.42. The summed E-state index contributed by atoms with van der Waals surface area (Å²) in [5, 5.41) is 12.7. The van der Waals surface area contributed by atoms with Crippen molar-refractivity contribution in [2.24, 2.45) is 0 Å². The fourth-order valence-corrected chi connectivity index (χ4v) is 1.91. The number of nitriles is 1. The van der Waals surface area contributed by atoms with Crippen LogP contribution in [0.4, 0.5) is 5.69 Å². The van der Waals surface area contributed by atoms with Crippen LogP contribution in [0, 0.1) is 11.3 Å². The highest BCUT2D eigenvalue weighted by Crippen LogP contribution is 2.20. The smallest absolute Gasteiger partial charge is 0.101 e. The molecule has 0 aliphatic heterocycles. The van der Waals surface area contributed by atoms with E-state index in [1.54, 1.807) is 0 Å². The molecule has 1 aromatic rings. The van der Waals surface area contributed by atoms with Crippen molar-refractivity contribution >= 4 is 5.69 Å². The maximum atomic E-state index is 9.34. The molecule has 0 atom stereocenters. The molecule has 0 unspecified atom stereocenters. The predicted molar refractivity (Wildman–Crippen MR) is 85.0 cm³/mol. The Morgan fingerprint density at radius 2 is 1.90 bits per heavy atom. The van der Waals surface area contributed by atoms with Crippen LogP contribution in [0.3, 0.4) is 0 Å². The first-order chi connectivity index (χ1) is 9.43. The Morgan fingerprint density at radius 1 is 1.20 bits per heavy atom. The van der Waals surface area contributed by atoms with E-state index >= 15 is 0 Å². The molecule has 0 bridgehead atoms. The minimum atomic E-state index is 0.447. The molecule has 0 amide bonds. The molecule has 0 spiro atoms. The quantitative estimate of drug-likeness (QED) is 0.826. The molecule has 0 saturated carbocycles. The minimum absolute atomic E-state index is 0.447. The maximum absolute atomic E-state index is 9.34. The summed E-state index contributed by atoms with van der Waals surface area (Å²) in [6.07, 6.45) is 0. The number of nitrogens with one attached hydrogen (secondary N) is 1. The third-order valence-corrected chi connectivity index (χ3v) is 3.19. The molecule has 0 heterocycles. The fourth-order valence-electron chi connectivity index (χ4n) is 1.91. The second kappa shape index (κ2) is 7.88. The zero-order chi connectivity index (χ0) is 15.1. The maximum Gasteiger partial charge on any atom is 0.101 e. The molecule has 20 heavy (non-hydrogen) atoms. The SMILES string of the molecule is CC(C)NCc1ccc(N(C)CCN(C)C)c(C#N)c1. The van der Waals surface area contributed by atoms with Crippen LogP contribution in [0.2, 0.25) is 0 Å². The molecule has 4 nitrogen and oxygen atoms in total. The lowest BCUT2D eigenvalue weighted by Crippen LogP contribution is -2.29. The molecule has 0 radical (unpaired) electrons. The van der Waals surface area contributed by atoms with Crippen molar-refractivity contribution in [1.29, 1.82) is 5.26 Å². The molecule has 0 saturated heterocycles. The zero-order valence-corrected chi connectivity index (χ0v) is 13.3. The number of likely N-dealkylation sites (N-methyl/N-ethyl adjacent to an activating group) is 2. The van der Waals surface area contributed by atoms with Gasteiger partial charge in [-0.25, -0.2) is 0 Å². The molecule has 1 aromatic carbocycles. The lowest BCUT2D eigenvalue weighted by molar-refractivity contribution is 0.416. The minimum Gasteiger partial charge on any atom is -0.372 e. The molecule has 0 aliphatic carbocycles. The van der Waals surface area contributed by atoms with Crippen molar-refractivity contribution in [3.05, 3.63) is 29.3 Å². The van der Waals surface area contributed by atoms with Gasteiger partial charge < -0.3 is 15.1 Å². The van der Waals surface area contributed by atoms with Crippen LogP contribution in [0.15, 0.2) is 18.2 Å². The third-order valence-electron chi connectivity index (χ3n) is 3.19. The van der Waals surface area contributed by atoms with E-state index in [1.165, 1.54) is 0 Å². The number of hydrogen-bond acceptors (Lipinski definition) is 4. The number of nitrogens with zero attached hydrogens (tertiary/aromatic N) is 3. The van der Waals surface area contributed by atoms with Crippen molar-refractivity contribution in [2.45, 2.75) is 26.4 Å². The Morgan fingerprint density at radius 3 is 2.45 bits per heavy atom. The van der Waals surface area contributed by atoms with E-state index in [2.05, 4.69) is 55.2 Å². The van der Waals surface area contributed by atoms with Gasteiger partial charge in [-0.15, -0.1) is 0 Å². The van der Waals surface area contributed by atoms with E-state index < -0.39 is 0 Å². The van der Waals surface area contributed by atoms with Gasteiger partial charge in [-0.1, -0.05) is 19.9 Å². The first-order valence-corrected chi connectivity index (χ1v) is 7.06. The molecule has 1 N–H and O–H groups in total. The van der Waals surface area contributed by atoms with E-state index in [9.17, 15) is 5.26 Å². The van der Waals surface area contributed by atoms with Gasteiger partial charge in [0.05, 0.1) is 11.3 Å². The standard InChI is InChI=1S/C16H26N4/c1-13(2)18-12-14-6-7-16(15(10-14)11-17)20(5)9-8-19(3)4/h6-7,10,13,18H,8-9,12H2,1-5H3. The second-order valence-corrected chi connectivity index (χ2v) is 5.72. The number of rotatable bonds is 7. The fraction of sp³-hybridized carbons (Fsp3) is 0.562. The summed E-state index contributed by atoms with van der Waals surface area (Å²) >= 11 is 0. The molecule has 4 heteroatoms. The Kier molecular flexibility index (Phi) is 6.50. The van der Waals surface area contributed by atoms with E-state index in [0.29, 0.717) is 6.04 Å². The lowest BCUT2D eigenvalue weighted by atomic mass is 10.1. The first kappa shape index (κ1) is 16.5. The highest BCUT2D eigenvalue weighted by molar-refractivity contribution is 5.60. The molecular formula is C16H26N4. The summed E-state index contributed by atoms with van der Waals surface area (Å²) in [5.74, 6) is 0. The molecule has 110 valence electrons. The molecule has 0 aromatic heterocycles. The highest BCUT2D eigenvalue weighted by atomic mass is 15.2. The van der Waals surface area contributed by atoms with Gasteiger partial charge in [0, 0.05) is 32.7 Å². The number of hydrogen-bond donors (Lipinski definition) is 1. The highest BCUT2D eigenvalue weighted by Gasteiger charge is 2.09. The Labute approximate surface area is 123 Å². The van der Waals surface area contributed by atoms with Crippen molar-refractivity contribution in [1.82, 2.24) is 10.2 Å². The van der Waals surface area contributed by atoms with E-state index in [-0.39, 0.29) is 0 Å². The topological polar surface area (TPSA) is 42.3 Å². The summed E-state index contributed by atoms with van der Waals surface area (Å²) in [5.41, 5.74) is 2.90. The van der Waals surface area contributed by atoms with Gasteiger partial charge in [-0.3, -0.25) is 0 Å². The Balaban J connectivity index is 2.80. The molecule has 0 fully saturated rings. The number of benzene rings is 1. The summed E-state index contributed by atoms with van der Waals surface area (Å²) in [6.45, 7) is 6.92. The third kappa shape index (κ3) is 5.20. The van der Waals surface area contributed by atoms with E-state index in [4.69, 9.17) is 0 Å². The van der Waals surface area contributed by atoms with Crippen LogP contribution in [-0.2, 0) is 6.54 Å². The van der Waals surface area contributed by atoms with Crippen LogP contribution in [0.1, 0.15) is 25.0 Å². The monoisotopic (exact) mass is 274 g/mol. The van der Waals surface area contributed by atoms with E-state index in [0.717, 1.165) is 36.4 Å². The van der Waals surface area contributed by atoms with Crippen molar-refractivity contribution in [3.8, 4) is 6.07 Å². The van der Waals surface area contributed by atoms with Gasteiger partial charge in [0.25, 0.3) is 0 Å². The molecular weight excluding hydrogens is 248 g/mol. The molecule has 0 aliphatic rings. The lowest BCUT2D eigenvalue weighted by Gasteiger charge is -2.23. The van der Waals surface area contributed by atoms with Crippen molar-refractivity contribution in [2.75, 3.05) is 39.1 Å². The Hall–Kier alpha value is -1.57. The van der Waals surface area contributed by atoms with Gasteiger partial charge in [0.2, 0.25) is 0 Å². The van der Waals surface area contributed by atoms with Crippen LogP contribution < -0.4 is 10.2 Å². The number of anilines is 1. The predicted octanol–water partition coefficient (Wildman–Crippen LogP) is 2.05. The summed E-state index contributed by atoms with van der Waals surface area (Å²) < 4.78 is 0. The van der Waals surface area contributed by atoms with Crippen LogP contribution >= 0.6 is 0 Å². The van der Waals surface area contributed by atoms with Crippen LogP contribution in [0.25, 0.3) is 0 Å². The van der Waals surface area contributed by atoms with Crippen molar-refractivity contribution < 1.29 is 0 Å². The normalized spacial score (nSPS) is 10.9. The second-order valence-electron chi connectivity index (χ2n) is 5.72. The summed E-state index contributed by atoms with van der Waals surface area (Å²) in [6, 6.07) is 8.88. The zero-order valence-electron chi connectivity index (χ0n) is 13.3. The average molecular weight is 274 g/mol. The van der Waals surface area contributed by atoms with Gasteiger partial charge in [-0.2, -0.15) is 5.26 Å². The van der Waals surface area contributed by atoms with Crippen LogP contribution in [-0.4, -0.2) is 45.2 Å². The largest absolute Gasteiger partial charge is 0.372 e. The van der Waals surface area contributed by atoms with Gasteiger partial charge >= 0.3 is 0 Å². The van der Waals surface area contributed by atoms with Gasteiger partial charge in [-0.05, 0) is 31.8 Å². The molecule has 1 rings (SSSR count).